The quantitative estimate of drug-likeness (QED) is 0.764. The third-order valence-electron chi connectivity index (χ3n) is 1.82. The van der Waals surface area contributed by atoms with Crippen LogP contribution in [0.2, 0.25) is 0 Å². The van der Waals surface area contributed by atoms with Crippen LogP contribution in [-0.2, 0) is 24.6 Å². The Balaban J connectivity index is 4.57. The number of hydrogen-bond donors (Lipinski definition) is 1. The fourth-order valence-corrected chi connectivity index (χ4v) is 3.04. The Morgan fingerprint density at radius 1 is 1.27 bits per heavy atom. The molecular formula is C8H20NO4PS. The van der Waals surface area contributed by atoms with Gasteiger partial charge in [0.2, 0.25) is 0 Å². The normalized spacial score (nSPS) is 17.5. The second kappa shape index (κ2) is 5.55. The summed E-state index contributed by atoms with van der Waals surface area (Å²) in [7, 11) is -1.88. The van der Waals surface area contributed by atoms with E-state index in [2.05, 4.69) is 4.72 Å². The third-order valence-corrected chi connectivity index (χ3v) is 5.77. The van der Waals surface area contributed by atoms with Crippen LogP contribution in [0.5, 0.6) is 0 Å². The molecule has 0 rings (SSSR count). The molecule has 0 amide bonds. The van der Waals surface area contributed by atoms with E-state index < -0.39 is 29.1 Å². The third kappa shape index (κ3) is 4.33. The van der Waals surface area contributed by atoms with Crippen LogP contribution < -0.4 is 4.72 Å². The number of hydrogen-bond acceptors (Lipinski definition) is 4. The van der Waals surface area contributed by atoms with Gasteiger partial charge in [0.15, 0.2) is 0 Å². The predicted molar refractivity (Wildman–Crippen MR) is 62.1 cm³/mol. The van der Waals surface area contributed by atoms with E-state index in [1.807, 2.05) is 20.8 Å². The molecule has 15 heavy (non-hydrogen) atoms. The minimum absolute atomic E-state index is 0.416. The van der Waals surface area contributed by atoms with Gasteiger partial charge in [0.05, 0.1) is 15.7 Å². The van der Waals surface area contributed by atoms with E-state index in [0.717, 1.165) is 0 Å². The zero-order chi connectivity index (χ0) is 12.3. The average molecular weight is 257 g/mol. The zero-order valence-electron chi connectivity index (χ0n) is 10.1. The van der Waals surface area contributed by atoms with Crippen molar-refractivity contribution in [2.24, 2.45) is 0 Å². The molecule has 0 bridgehead atoms. The van der Waals surface area contributed by atoms with E-state index in [-0.39, 0.29) is 0 Å². The molecule has 0 heterocycles. The lowest BCUT2D eigenvalue weighted by molar-refractivity contribution is 0.265. The molecule has 0 aliphatic heterocycles. The van der Waals surface area contributed by atoms with Gasteiger partial charge in [-0.1, -0.05) is 0 Å². The molecule has 0 aromatic heterocycles. The van der Waals surface area contributed by atoms with Crippen molar-refractivity contribution in [3.63, 3.8) is 0 Å². The maximum Gasteiger partial charge on any atom is 0.347 e. The second-order valence-corrected chi connectivity index (χ2v) is 8.66. The molecule has 7 heteroatoms. The van der Waals surface area contributed by atoms with Crippen LogP contribution in [0.25, 0.3) is 0 Å². The summed E-state index contributed by atoms with van der Waals surface area (Å²) in [5.41, 5.74) is 0. The van der Waals surface area contributed by atoms with Crippen molar-refractivity contribution in [1.82, 2.24) is 4.72 Å². The largest absolute Gasteiger partial charge is 0.347 e. The fraction of sp³-hybridized carbons (Fsp3) is 1.00. The number of rotatable bonds is 5. The molecule has 0 aliphatic rings. The first-order valence-electron chi connectivity index (χ1n) is 4.56. The lowest BCUT2D eigenvalue weighted by atomic mass is 10.3. The summed E-state index contributed by atoms with van der Waals surface area (Å²) in [6.45, 7) is 7.10. The summed E-state index contributed by atoms with van der Waals surface area (Å²) in [5.74, 6) is -0.604. The summed E-state index contributed by atoms with van der Waals surface area (Å²) in [4.78, 5) is 0. The van der Waals surface area contributed by atoms with Gasteiger partial charge >= 0.3 is 7.60 Å². The zero-order valence-corrected chi connectivity index (χ0v) is 11.8. The molecular weight excluding hydrogens is 237 g/mol. The summed E-state index contributed by atoms with van der Waals surface area (Å²) in [6.07, 6.45) is 0. The average Bonchev–Trinajstić information content (AvgIpc) is 2.14. The molecule has 0 saturated carbocycles. The highest BCUT2D eigenvalue weighted by molar-refractivity contribution is 7.84. The molecule has 1 unspecified atom stereocenters. The van der Waals surface area contributed by atoms with E-state index >= 15 is 0 Å². The topological polar surface area (TPSA) is 64.6 Å². The first-order valence-corrected chi connectivity index (χ1v) is 7.33. The first-order chi connectivity index (χ1) is 6.67. The molecule has 0 spiro atoms. The van der Waals surface area contributed by atoms with Crippen LogP contribution in [0.4, 0.5) is 0 Å². The molecule has 0 fully saturated rings. The molecule has 1 N–H and O–H groups in total. The fourth-order valence-electron chi connectivity index (χ4n) is 0.787. The standard InChI is InChI=1S/C8H20NO4PS/c1-7(14(10,12-5)13-6)9-15(11)8(2,3)4/h7,9H,1-6H3/t7-,15?/m1/s1. The summed E-state index contributed by atoms with van der Waals surface area (Å²) >= 11 is 0. The lowest BCUT2D eigenvalue weighted by Gasteiger charge is -2.25. The van der Waals surface area contributed by atoms with Crippen LogP contribution in [0.1, 0.15) is 27.7 Å². The number of nitrogens with one attached hydrogen (secondary N) is 1. The minimum Gasteiger partial charge on any atom is -0.311 e. The van der Waals surface area contributed by atoms with Gasteiger partial charge in [-0.15, -0.1) is 0 Å². The molecule has 5 nitrogen and oxygen atoms in total. The highest BCUT2D eigenvalue weighted by Crippen LogP contribution is 2.50. The van der Waals surface area contributed by atoms with Crippen molar-refractivity contribution in [3.05, 3.63) is 0 Å². The van der Waals surface area contributed by atoms with Crippen molar-refractivity contribution in [2.75, 3.05) is 14.2 Å². The highest BCUT2D eigenvalue weighted by atomic mass is 32.2. The first kappa shape index (κ1) is 15.3. The smallest absolute Gasteiger partial charge is 0.311 e. The van der Waals surface area contributed by atoms with E-state index in [0.29, 0.717) is 0 Å². The van der Waals surface area contributed by atoms with Crippen LogP contribution in [0, 0.1) is 0 Å². The van der Waals surface area contributed by atoms with Crippen molar-refractivity contribution < 1.29 is 17.8 Å². The van der Waals surface area contributed by atoms with Crippen LogP contribution >= 0.6 is 7.60 Å². The monoisotopic (exact) mass is 257 g/mol. The lowest BCUT2D eigenvalue weighted by Crippen LogP contribution is -2.38. The van der Waals surface area contributed by atoms with Crippen molar-refractivity contribution >= 4 is 18.6 Å². The van der Waals surface area contributed by atoms with Crippen LogP contribution in [-0.4, -0.2) is 29.0 Å². The molecule has 0 radical (unpaired) electrons. The Labute approximate surface area is 94.0 Å². The van der Waals surface area contributed by atoms with Gasteiger partial charge in [0.1, 0.15) is 5.78 Å². The summed E-state index contributed by atoms with van der Waals surface area (Å²) in [6, 6.07) is 0. The Kier molecular flexibility index (Phi) is 5.64. The van der Waals surface area contributed by atoms with Gasteiger partial charge in [-0.2, -0.15) is 0 Å². The Hall–Kier alpha value is 0.260. The van der Waals surface area contributed by atoms with E-state index in [1.165, 1.54) is 14.2 Å². The summed E-state index contributed by atoms with van der Waals surface area (Å²) in [5, 5.41) is 0. The van der Waals surface area contributed by atoms with Crippen molar-refractivity contribution in [1.29, 1.82) is 0 Å². The maximum atomic E-state index is 11.9. The second-order valence-electron chi connectivity index (χ2n) is 4.08. The van der Waals surface area contributed by atoms with Crippen LogP contribution in [0.15, 0.2) is 0 Å². The van der Waals surface area contributed by atoms with Gasteiger partial charge in [0, 0.05) is 14.2 Å². The Morgan fingerprint density at radius 2 is 1.67 bits per heavy atom. The highest BCUT2D eigenvalue weighted by Gasteiger charge is 2.33. The summed E-state index contributed by atoms with van der Waals surface area (Å²) < 4.78 is 35.5. The van der Waals surface area contributed by atoms with Gasteiger partial charge in [-0.25, -0.2) is 8.93 Å². The van der Waals surface area contributed by atoms with Gasteiger partial charge < -0.3 is 9.05 Å². The van der Waals surface area contributed by atoms with E-state index in [4.69, 9.17) is 9.05 Å². The van der Waals surface area contributed by atoms with Crippen molar-refractivity contribution in [3.8, 4) is 0 Å². The Bertz CT molecular complexity index is 268. The molecule has 0 aromatic carbocycles. The molecule has 0 aliphatic carbocycles. The molecule has 0 aromatic rings. The van der Waals surface area contributed by atoms with Crippen molar-refractivity contribution in [2.45, 2.75) is 38.2 Å². The minimum atomic E-state index is -3.20. The predicted octanol–water partition coefficient (Wildman–Crippen LogP) is 1.87. The van der Waals surface area contributed by atoms with Gasteiger partial charge in [-0.05, 0) is 27.7 Å². The molecule has 92 valence electrons. The van der Waals surface area contributed by atoms with Gasteiger partial charge in [-0.3, -0.25) is 4.57 Å². The van der Waals surface area contributed by atoms with Crippen LogP contribution in [0.3, 0.4) is 0 Å². The molecule has 2 atom stereocenters. The van der Waals surface area contributed by atoms with Gasteiger partial charge in [0.25, 0.3) is 0 Å². The maximum absolute atomic E-state index is 11.9. The van der Waals surface area contributed by atoms with E-state index in [1.54, 1.807) is 6.92 Å². The SMILES string of the molecule is COP(=O)(OC)[C@H](C)NS(=O)C(C)(C)C. The Morgan fingerprint density at radius 3 is 1.93 bits per heavy atom. The van der Waals surface area contributed by atoms with E-state index in [9.17, 15) is 8.77 Å². The molecule has 0 saturated heterocycles.